The number of morpholine rings is 1. The average Bonchev–Trinajstić information content (AvgIpc) is 3.71. The number of hydrogen-bond donors (Lipinski definition) is 1. The van der Waals surface area contributed by atoms with Crippen LogP contribution in [0.4, 0.5) is 11.5 Å². The predicted molar refractivity (Wildman–Crippen MR) is 149 cm³/mol. The molecule has 1 saturated carbocycles. The number of fused-ring (bicyclic) bond motifs is 1. The number of carbonyl (C=O) groups is 1. The van der Waals surface area contributed by atoms with Crippen molar-refractivity contribution in [2.45, 2.75) is 57.4 Å². The van der Waals surface area contributed by atoms with Crippen molar-refractivity contribution in [1.82, 2.24) is 19.5 Å². The van der Waals surface area contributed by atoms with Crippen LogP contribution in [-0.2, 0) is 22.5 Å². The topological polar surface area (TPSA) is 98.1 Å². The summed E-state index contributed by atoms with van der Waals surface area (Å²) in [7, 11) is 0. The molecule has 202 valence electrons. The summed E-state index contributed by atoms with van der Waals surface area (Å²) in [6.07, 6.45) is 7.63. The van der Waals surface area contributed by atoms with Crippen molar-refractivity contribution in [2.24, 2.45) is 0 Å². The number of rotatable bonds is 7. The van der Waals surface area contributed by atoms with Crippen molar-refractivity contribution in [3.63, 3.8) is 0 Å². The Morgan fingerprint density at radius 2 is 1.92 bits per heavy atom. The first-order chi connectivity index (χ1) is 18.5. The third kappa shape index (κ3) is 5.09. The molecule has 2 atom stereocenters. The number of aryl methyl sites for hydroxylation is 1. The van der Waals surface area contributed by atoms with Gasteiger partial charge in [0.25, 0.3) is 5.91 Å². The van der Waals surface area contributed by atoms with Crippen LogP contribution in [0.2, 0.25) is 0 Å². The molecule has 1 aromatic carbocycles. The Balaban J connectivity index is 1.38. The number of amides is 1. The number of piperidine rings is 1. The average molecular weight is 537 g/mol. The zero-order valence-corrected chi connectivity index (χ0v) is 23.0. The first-order valence-electron chi connectivity index (χ1n) is 13.8. The number of nitrogens with one attached hydrogen (secondary N) is 1. The van der Waals surface area contributed by atoms with Gasteiger partial charge in [-0.15, -0.1) is 0 Å². The Hall–Kier alpha value is -2.82. The summed E-state index contributed by atoms with van der Waals surface area (Å²) in [5, 5.41) is 5.08. The van der Waals surface area contributed by atoms with E-state index in [2.05, 4.69) is 28.7 Å². The third-order valence-electron chi connectivity index (χ3n) is 7.86. The minimum atomic E-state index is -1.28. The minimum Gasteiger partial charge on any atom is -0.593 e. The van der Waals surface area contributed by atoms with Crippen molar-refractivity contribution < 1.29 is 14.1 Å². The van der Waals surface area contributed by atoms with Crippen molar-refractivity contribution in [1.29, 1.82) is 0 Å². The molecule has 1 amide bonds. The van der Waals surface area contributed by atoms with E-state index >= 15 is 0 Å². The number of anilines is 2. The molecule has 6 rings (SSSR count). The van der Waals surface area contributed by atoms with Crippen LogP contribution >= 0.6 is 0 Å². The summed E-state index contributed by atoms with van der Waals surface area (Å²) in [6, 6.07) is 9.94. The SMILES string of the molecule is CCc1ccc(N[S+](C)[O-])c(C(=O)N2CCCC[C@H]2c2cc3nc(C4CC4)cc(N4CCOCC4)n3n2)c1. The Morgan fingerprint density at radius 3 is 2.66 bits per heavy atom. The van der Waals surface area contributed by atoms with Gasteiger partial charge in [0, 0.05) is 43.4 Å². The van der Waals surface area contributed by atoms with Gasteiger partial charge < -0.3 is 19.1 Å². The van der Waals surface area contributed by atoms with E-state index in [1.165, 1.54) is 12.8 Å². The van der Waals surface area contributed by atoms with E-state index in [0.717, 1.165) is 67.2 Å². The number of benzene rings is 1. The second kappa shape index (κ2) is 10.7. The molecule has 38 heavy (non-hydrogen) atoms. The van der Waals surface area contributed by atoms with Gasteiger partial charge in [-0.2, -0.15) is 9.61 Å². The van der Waals surface area contributed by atoms with Gasteiger partial charge in [0.1, 0.15) is 12.1 Å². The van der Waals surface area contributed by atoms with E-state index in [1.807, 2.05) is 27.6 Å². The summed E-state index contributed by atoms with van der Waals surface area (Å²) in [5.41, 5.74) is 5.13. The van der Waals surface area contributed by atoms with Crippen LogP contribution in [0.1, 0.15) is 78.3 Å². The summed E-state index contributed by atoms with van der Waals surface area (Å²) in [5.74, 6) is 1.55. The molecular weight excluding hydrogens is 500 g/mol. The van der Waals surface area contributed by atoms with Gasteiger partial charge in [-0.25, -0.2) is 9.71 Å². The van der Waals surface area contributed by atoms with E-state index in [0.29, 0.717) is 36.9 Å². The lowest BCUT2D eigenvalue weighted by atomic mass is 9.97. The first-order valence-corrected chi connectivity index (χ1v) is 15.3. The highest BCUT2D eigenvalue weighted by atomic mass is 32.2. The zero-order chi connectivity index (χ0) is 26.2. The van der Waals surface area contributed by atoms with Crippen molar-refractivity contribution in [3.05, 3.63) is 52.8 Å². The molecule has 2 saturated heterocycles. The molecule has 3 fully saturated rings. The van der Waals surface area contributed by atoms with Crippen molar-refractivity contribution in [2.75, 3.05) is 48.7 Å². The normalized spacial score (nSPS) is 21.1. The van der Waals surface area contributed by atoms with Gasteiger partial charge in [-0.1, -0.05) is 13.0 Å². The van der Waals surface area contributed by atoms with E-state index in [4.69, 9.17) is 14.8 Å². The number of nitrogens with zero attached hydrogens (tertiary/aromatic N) is 5. The second-order valence-corrected chi connectivity index (χ2v) is 11.7. The smallest absolute Gasteiger partial charge is 0.256 e. The maximum Gasteiger partial charge on any atom is 0.256 e. The summed E-state index contributed by atoms with van der Waals surface area (Å²) < 4.78 is 22.5. The van der Waals surface area contributed by atoms with Crippen LogP contribution in [0.25, 0.3) is 5.65 Å². The minimum absolute atomic E-state index is 0.0463. The molecule has 3 aliphatic rings. The molecule has 10 heteroatoms. The molecule has 1 unspecified atom stereocenters. The van der Waals surface area contributed by atoms with E-state index < -0.39 is 11.4 Å². The summed E-state index contributed by atoms with van der Waals surface area (Å²) in [4.78, 5) is 23.3. The lowest BCUT2D eigenvalue weighted by Gasteiger charge is -2.35. The summed E-state index contributed by atoms with van der Waals surface area (Å²) >= 11 is -1.28. The first kappa shape index (κ1) is 25.5. The molecule has 0 spiro atoms. The number of hydrogen-bond acceptors (Lipinski definition) is 7. The maximum absolute atomic E-state index is 14.0. The van der Waals surface area contributed by atoms with Crippen molar-refractivity contribution >= 4 is 34.4 Å². The highest BCUT2D eigenvalue weighted by Crippen LogP contribution is 2.41. The molecule has 1 N–H and O–H groups in total. The lowest BCUT2D eigenvalue weighted by molar-refractivity contribution is 0.0606. The van der Waals surface area contributed by atoms with Gasteiger partial charge in [0.05, 0.1) is 47.6 Å². The van der Waals surface area contributed by atoms with Gasteiger partial charge >= 0.3 is 0 Å². The van der Waals surface area contributed by atoms with Gasteiger partial charge in [-0.05, 0) is 56.2 Å². The predicted octanol–water partition coefficient (Wildman–Crippen LogP) is 4.08. The Labute approximate surface area is 226 Å². The van der Waals surface area contributed by atoms with Crippen LogP contribution in [0, 0.1) is 0 Å². The molecule has 3 aromatic rings. The van der Waals surface area contributed by atoms with Crippen LogP contribution < -0.4 is 9.62 Å². The van der Waals surface area contributed by atoms with Gasteiger partial charge in [0.2, 0.25) is 0 Å². The Morgan fingerprint density at radius 1 is 1.11 bits per heavy atom. The fraction of sp³-hybridized carbons (Fsp3) is 0.536. The van der Waals surface area contributed by atoms with Crippen LogP contribution in [-0.4, -0.2) is 69.1 Å². The molecule has 2 aliphatic heterocycles. The van der Waals surface area contributed by atoms with Gasteiger partial charge in [0.15, 0.2) is 5.65 Å². The highest BCUT2D eigenvalue weighted by Gasteiger charge is 2.33. The van der Waals surface area contributed by atoms with Crippen LogP contribution in [0.3, 0.4) is 0 Å². The molecule has 2 aromatic heterocycles. The van der Waals surface area contributed by atoms with Crippen LogP contribution in [0.15, 0.2) is 30.3 Å². The molecule has 4 heterocycles. The monoisotopic (exact) mass is 536 g/mol. The third-order valence-corrected chi connectivity index (χ3v) is 8.37. The number of aromatic nitrogens is 3. The molecule has 0 radical (unpaired) electrons. The largest absolute Gasteiger partial charge is 0.593 e. The molecular formula is C28H36N6O3S. The highest BCUT2D eigenvalue weighted by molar-refractivity contribution is 7.92. The molecule has 1 aliphatic carbocycles. The fourth-order valence-electron chi connectivity index (χ4n) is 5.63. The van der Waals surface area contributed by atoms with Crippen molar-refractivity contribution in [3.8, 4) is 0 Å². The molecule has 0 bridgehead atoms. The maximum atomic E-state index is 14.0. The molecule has 9 nitrogen and oxygen atoms in total. The van der Waals surface area contributed by atoms with Crippen LogP contribution in [0.5, 0.6) is 0 Å². The van der Waals surface area contributed by atoms with E-state index in [9.17, 15) is 9.35 Å². The van der Waals surface area contributed by atoms with E-state index in [-0.39, 0.29) is 11.9 Å². The zero-order valence-electron chi connectivity index (χ0n) is 22.2. The Bertz CT molecular complexity index is 1320. The number of ether oxygens (including phenoxy) is 1. The summed E-state index contributed by atoms with van der Waals surface area (Å²) in [6.45, 7) is 5.81. The number of carbonyl (C=O) groups excluding carboxylic acids is 1. The van der Waals surface area contributed by atoms with E-state index in [1.54, 1.807) is 6.26 Å². The fourth-order valence-corrected chi connectivity index (χ4v) is 6.12. The standard InChI is InChI=1S/C28H36N6O3S/c1-3-19-7-10-22(31-38(2)36)21(16-19)28(35)33-11-5-4-6-25(33)24-17-26-29-23(20-8-9-20)18-27(34(26)30-24)32-12-14-37-15-13-32/h7,10,16-18,20,25,31H,3-6,8-9,11-15H2,1-2H3/t25-,38?/m0/s1. The lowest BCUT2D eigenvalue weighted by Crippen LogP contribution is -2.39. The quantitative estimate of drug-likeness (QED) is 0.455. The number of likely N-dealkylation sites (tertiary alicyclic amines) is 1. The van der Waals surface area contributed by atoms with Gasteiger partial charge in [-0.3, -0.25) is 4.79 Å². The second-order valence-electron chi connectivity index (χ2n) is 10.6. The Kier molecular flexibility index (Phi) is 7.20.